The van der Waals surface area contributed by atoms with Gasteiger partial charge in [-0.3, -0.25) is 0 Å². The smallest absolute Gasteiger partial charge is 0.339 e. The van der Waals surface area contributed by atoms with Crippen LogP contribution in [-0.2, 0) is 6.54 Å². The summed E-state index contributed by atoms with van der Waals surface area (Å²) in [7, 11) is 0. The lowest BCUT2D eigenvalue weighted by Crippen LogP contribution is -2.26. The first-order valence-corrected chi connectivity index (χ1v) is 8.47. The van der Waals surface area contributed by atoms with E-state index in [0.717, 1.165) is 18.1 Å². The van der Waals surface area contributed by atoms with Gasteiger partial charge in [0.25, 0.3) is 0 Å². The lowest BCUT2D eigenvalue weighted by Gasteiger charge is -2.11. The maximum Gasteiger partial charge on any atom is 0.339 e. The molecule has 1 aliphatic rings. The number of hydrogen-bond donors (Lipinski definition) is 2. The fourth-order valence-electron chi connectivity index (χ4n) is 3.03. The van der Waals surface area contributed by atoms with Gasteiger partial charge < -0.3 is 14.8 Å². The number of carboxylic acids is 1. The third kappa shape index (κ3) is 2.94. The summed E-state index contributed by atoms with van der Waals surface area (Å²) in [6.07, 6.45) is 5.66. The van der Waals surface area contributed by atoms with Crippen LogP contribution in [0.4, 0.5) is 0 Å². The molecule has 1 aromatic carbocycles. The maximum atomic E-state index is 11.5. The van der Waals surface area contributed by atoms with Gasteiger partial charge in [0.05, 0.1) is 6.54 Å². The van der Waals surface area contributed by atoms with Gasteiger partial charge in [-0.2, -0.15) is 11.8 Å². The number of nitrogens with one attached hydrogen (secondary N) is 1. The molecular weight excluding hydrogens is 286 g/mol. The van der Waals surface area contributed by atoms with Gasteiger partial charge in [0.2, 0.25) is 0 Å². The molecule has 1 aliphatic carbocycles. The molecule has 1 fully saturated rings. The van der Waals surface area contributed by atoms with Crippen molar-refractivity contribution in [1.82, 2.24) is 5.32 Å². The molecule has 21 heavy (non-hydrogen) atoms. The van der Waals surface area contributed by atoms with Crippen LogP contribution in [0.3, 0.4) is 0 Å². The second-order valence-electron chi connectivity index (χ2n) is 5.45. The van der Waals surface area contributed by atoms with Crippen LogP contribution >= 0.6 is 11.8 Å². The number of carboxylic acid groups (broad SMARTS) is 1. The number of hydrogen-bond acceptors (Lipinski definition) is 4. The van der Waals surface area contributed by atoms with Gasteiger partial charge >= 0.3 is 5.97 Å². The van der Waals surface area contributed by atoms with Crippen LogP contribution in [-0.4, -0.2) is 28.6 Å². The zero-order valence-electron chi connectivity index (χ0n) is 12.0. The molecule has 2 aromatic rings. The van der Waals surface area contributed by atoms with Crippen LogP contribution in [0.1, 0.15) is 35.4 Å². The molecule has 5 heteroatoms. The van der Waals surface area contributed by atoms with E-state index < -0.39 is 5.97 Å². The molecule has 0 radical (unpaired) electrons. The van der Waals surface area contributed by atoms with Crippen molar-refractivity contribution in [2.75, 3.05) is 6.26 Å². The Morgan fingerprint density at radius 3 is 2.95 bits per heavy atom. The summed E-state index contributed by atoms with van der Waals surface area (Å²) >= 11 is 1.91. The summed E-state index contributed by atoms with van der Waals surface area (Å²) < 4.78 is 5.72. The number of carbonyl (C=O) groups is 1. The number of rotatable bonds is 5. The molecule has 2 atom stereocenters. The minimum absolute atomic E-state index is 0.289. The molecule has 2 N–H and O–H groups in total. The molecule has 0 saturated heterocycles. The molecule has 1 heterocycles. The standard InChI is InChI=1S/C16H19NO3S/c1-21-11-7-6-10(8-11)17-9-14-15(16(18)19)12-4-2-3-5-13(12)20-14/h2-5,10-11,17H,6-9H2,1H3,(H,18,19). The molecule has 2 unspecified atom stereocenters. The molecule has 0 amide bonds. The number of furan rings is 1. The molecule has 3 rings (SSSR count). The molecule has 1 aromatic heterocycles. The fraction of sp³-hybridized carbons (Fsp3) is 0.438. The Morgan fingerprint density at radius 2 is 2.24 bits per heavy atom. The zero-order valence-corrected chi connectivity index (χ0v) is 12.8. The molecule has 112 valence electrons. The van der Waals surface area contributed by atoms with Crippen molar-refractivity contribution in [3.63, 3.8) is 0 Å². The van der Waals surface area contributed by atoms with E-state index in [2.05, 4.69) is 11.6 Å². The van der Waals surface area contributed by atoms with Crippen LogP contribution in [0.5, 0.6) is 0 Å². The second kappa shape index (κ2) is 6.12. The average molecular weight is 305 g/mol. The van der Waals surface area contributed by atoms with Crippen LogP contribution in [0, 0.1) is 0 Å². The van der Waals surface area contributed by atoms with E-state index in [9.17, 15) is 9.90 Å². The third-order valence-electron chi connectivity index (χ3n) is 4.15. The highest BCUT2D eigenvalue weighted by molar-refractivity contribution is 7.99. The number of para-hydroxylation sites is 1. The quantitative estimate of drug-likeness (QED) is 0.885. The Kier molecular flexibility index (Phi) is 4.22. The van der Waals surface area contributed by atoms with Crippen molar-refractivity contribution < 1.29 is 14.3 Å². The average Bonchev–Trinajstić information content (AvgIpc) is 3.08. The number of thioether (sulfide) groups is 1. The first-order valence-electron chi connectivity index (χ1n) is 7.19. The normalized spacial score (nSPS) is 22.0. The van der Waals surface area contributed by atoms with E-state index in [1.54, 1.807) is 6.07 Å². The minimum atomic E-state index is -0.926. The van der Waals surface area contributed by atoms with Crippen LogP contribution in [0.15, 0.2) is 28.7 Å². The van der Waals surface area contributed by atoms with Crippen LogP contribution in [0.25, 0.3) is 11.0 Å². The molecule has 1 saturated carbocycles. The summed E-state index contributed by atoms with van der Waals surface area (Å²) in [5.74, 6) is -0.401. The lowest BCUT2D eigenvalue weighted by molar-refractivity contribution is 0.0696. The first kappa shape index (κ1) is 14.5. The van der Waals surface area contributed by atoms with E-state index >= 15 is 0 Å². The molecular formula is C16H19NO3S. The van der Waals surface area contributed by atoms with Crippen molar-refractivity contribution in [1.29, 1.82) is 0 Å². The monoisotopic (exact) mass is 305 g/mol. The molecule has 0 aliphatic heterocycles. The van der Waals surface area contributed by atoms with E-state index in [0.29, 0.717) is 29.3 Å². The third-order valence-corrected chi connectivity index (χ3v) is 5.25. The molecule has 0 bridgehead atoms. The minimum Gasteiger partial charge on any atom is -0.478 e. The highest BCUT2D eigenvalue weighted by atomic mass is 32.2. The van der Waals surface area contributed by atoms with Gasteiger partial charge in [-0.15, -0.1) is 0 Å². The second-order valence-corrected chi connectivity index (χ2v) is 6.59. The Morgan fingerprint density at radius 1 is 1.43 bits per heavy atom. The van der Waals surface area contributed by atoms with E-state index in [4.69, 9.17) is 4.42 Å². The zero-order chi connectivity index (χ0) is 14.8. The summed E-state index contributed by atoms with van der Waals surface area (Å²) in [6.45, 7) is 0.474. The van der Waals surface area contributed by atoms with E-state index in [1.165, 1.54) is 6.42 Å². The molecule has 0 spiro atoms. The Hall–Kier alpha value is -1.46. The van der Waals surface area contributed by atoms with Gasteiger partial charge in [0, 0.05) is 16.7 Å². The van der Waals surface area contributed by atoms with Crippen LogP contribution < -0.4 is 5.32 Å². The molecule has 4 nitrogen and oxygen atoms in total. The largest absolute Gasteiger partial charge is 0.478 e. The highest BCUT2D eigenvalue weighted by Crippen LogP contribution is 2.29. The number of fused-ring (bicyclic) bond motifs is 1. The van der Waals surface area contributed by atoms with Crippen molar-refractivity contribution >= 4 is 28.7 Å². The fourth-order valence-corrected chi connectivity index (χ4v) is 3.83. The van der Waals surface area contributed by atoms with Crippen molar-refractivity contribution in [3.8, 4) is 0 Å². The van der Waals surface area contributed by atoms with Crippen LogP contribution in [0.2, 0.25) is 0 Å². The van der Waals surface area contributed by atoms with Gasteiger partial charge in [-0.05, 0) is 31.6 Å². The summed E-state index contributed by atoms with van der Waals surface area (Å²) in [5, 5.41) is 14.3. The number of benzene rings is 1. The Balaban J connectivity index is 1.77. The Bertz CT molecular complexity index is 652. The van der Waals surface area contributed by atoms with Gasteiger partial charge in [-0.25, -0.2) is 4.79 Å². The SMILES string of the molecule is CSC1CCC(NCc2oc3ccccc3c2C(=O)O)C1. The van der Waals surface area contributed by atoms with E-state index in [1.807, 2.05) is 30.0 Å². The number of aromatic carboxylic acids is 1. The Labute approximate surface area is 127 Å². The highest BCUT2D eigenvalue weighted by Gasteiger charge is 2.25. The lowest BCUT2D eigenvalue weighted by atomic mass is 10.1. The summed E-state index contributed by atoms with van der Waals surface area (Å²) in [5.41, 5.74) is 0.928. The van der Waals surface area contributed by atoms with Gasteiger partial charge in [0.15, 0.2) is 0 Å². The van der Waals surface area contributed by atoms with Crippen molar-refractivity contribution in [3.05, 3.63) is 35.6 Å². The van der Waals surface area contributed by atoms with Gasteiger partial charge in [0.1, 0.15) is 16.9 Å². The predicted molar refractivity (Wildman–Crippen MR) is 85.0 cm³/mol. The topological polar surface area (TPSA) is 62.5 Å². The van der Waals surface area contributed by atoms with Crippen molar-refractivity contribution in [2.45, 2.75) is 37.1 Å². The van der Waals surface area contributed by atoms with Crippen molar-refractivity contribution in [2.24, 2.45) is 0 Å². The van der Waals surface area contributed by atoms with E-state index in [-0.39, 0.29) is 5.56 Å². The summed E-state index contributed by atoms with van der Waals surface area (Å²) in [4.78, 5) is 11.5. The van der Waals surface area contributed by atoms with Gasteiger partial charge in [-0.1, -0.05) is 18.2 Å². The predicted octanol–water partition coefficient (Wildman–Crippen LogP) is 3.50. The first-order chi connectivity index (χ1) is 10.2. The maximum absolute atomic E-state index is 11.5. The summed E-state index contributed by atoms with van der Waals surface area (Å²) in [6, 6.07) is 7.75.